The lowest BCUT2D eigenvalue weighted by molar-refractivity contribution is -0.133. The lowest BCUT2D eigenvalue weighted by atomic mass is 9.84. The van der Waals surface area contributed by atoms with Crippen molar-refractivity contribution < 1.29 is 27.8 Å². The van der Waals surface area contributed by atoms with Crippen LogP contribution in [-0.2, 0) is 11.2 Å². The zero-order valence-electron chi connectivity index (χ0n) is 16.8. The number of carboxylic acid groups (broad SMARTS) is 1. The highest BCUT2D eigenvalue weighted by atomic mass is 19.2. The van der Waals surface area contributed by atoms with E-state index >= 15 is 0 Å². The van der Waals surface area contributed by atoms with Gasteiger partial charge in [0, 0.05) is 19.1 Å². The number of benzene rings is 2. The van der Waals surface area contributed by atoms with E-state index < -0.39 is 29.2 Å². The molecule has 31 heavy (non-hydrogen) atoms. The number of fused-ring (bicyclic) bond motifs is 2. The first-order chi connectivity index (χ1) is 14.9. The minimum Gasteiger partial charge on any atom is -0.488 e. The standard InChI is InChI=1S/C23H23F3N2O3/c24-17-7-8-18(25)22(21(17)26)31-9-1-2-13-3-5-14(6-4-13)16-10-15-11-27-12-19(28-15)20(16)23(29)30/h3-8,15,19,27-28H,1-2,9-12H2,(H,29,30). The number of carbonyl (C=O) groups is 1. The first-order valence-corrected chi connectivity index (χ1v) is 10.2. The molecule has 2 aliphatic rings. The topological polar surface area (TPSA) is 70.6 Å². The van der Waals surface area contributed by atoms with Crippen LogP contribution in [0.1, 0.15) is 24.0 Å². The van der Waals surface area contributed by atoms with Gasteiger partial charge < -0.3 is 20.5 Å². The molecule has 2 heterocycles. The first-order valence-electron chi connectivity index (χ1n) is 10.2. The van der Waals surface area contributed by atoms with Crippen molar-refractivity contribution in [3.05, 3.63) is 70.5 Å². The minimum atomic E-state index is -1.33. The summed E-state index contributed by atoms with van der Waals surface area (Å²) in [5.41, 5.74) is 3.14. The first kappa shape index (κ1) is 21.4. The molecule has 3 N–H and O–H groups in total. The highest BCUT2D eigenvalue weighted by Crippen LogP contribution is 2.31. The normalized spacial score (nSPS) is 20.6. The van der Waals surface area contributed by atoms with Gasteiger partial charge >= 0.3 is 5.97 Å². The van der Waals surface area contributed by atoms with Crippen molar-refractivity contribution >= 4 is 11.5 Å². The maximum atomic E-state index is 13.6. The Balaban J connectivity index is 1.40. The van der Waals surface area contributed by atoms with Crippen LogP contribution in [0.25, 0.3) is 5.57 Å². The molecule has 2 atom stereocenters. The Morgan fingerprint density at radius 2 is 1.81 bits per heavy atom. The number of halogens is 3. The Hall–Kier alpha value is -2.84. The monoisotopic (exact) mass is 432 g/mol. The Morgan fingerprint density at radius 1 is 1.06 bits per heavy atom. The lowest BCUT2D eigenvalue weighted by Crippen LogP contribution is -2.58. The van der Waals surface area contributed by atoms with Gasteiger partial charge in [0.2, 0.25) is 5.82 Å². The third kappa shape index (κ3) is 4.60. The number of hydrogen-bond acceptors (Lipinski definition) is 4. The Kier molecular flexibility index (Phi) is 6.29. The smallest absolute Gasteiger partial charge is 0.333 e. The molecule has 1 saturated heterocycles. The number of rotatable bonds is 7. The molecule has 0 saturated carbocycles. The van der Waals surface area contributed by atoms with E-state index in [2.05, 4.69) is 10.6 Å². The zero-order valence-corrected chi connectivity index (χ0v) is 16.8. The molecule has 164 valence electrons. The SMILES string of the molecule is O=C(O)C1=C(c2ccc(CCCOc3c(F)ccc(F)c3F)cc2)CC2CNCC1N2. The molecule has 1 fully saturated rings. The van der Waals surface area contributed by atoms with Gasteiger partial charge in [0.15, 0.2) is 17.4 Å². The van der Waals surface area contributed by atoms with Crippen LogP contribution in [0, 0.1) is 17.5 Å². The predicted molar refractivity (Wildman–Crippen MR) is 109 cm³/mol. The molecule has 0 radical (unpaired) electrons. The van der Waals surface area contributed by atoms with Crippen molar-refractivity contribution in [3.8, 4) is 5.75 Å². The number of piperazine rings is 1. The van der Waals surface area contributed by atoms with Crippen molar-refractivity contribution in [2.75, 3.05) is 19.7 Å². The quantitative estimate of drug-likeness (QED) is 0.463. The Labute approximate surface area is 177 Å². The second-order valence-electron chi connectivity index (χ2n) is 7.80. The van der Waals surface area contributed by atoms with Gasteiger partial charge in [-0.25, -0.2) is 13.6 Å². The molecule has 0 aromatic heterocycles. The molecule has 2 bridgehead atoms. The molecule has 2 aromatic rings. The second-order valence-corrected chi connectivity index (χ2v) is 7.80. The van der Waals surface area contributed by atoms with E-state index in [1.54, 1.807) is 0 Å². The second kappa shape index (κ2) is 9.11. The molecule has 0 amide bonds. The Bertz CT molecular complexity index is 1010. The third-order valence-corrected chi connectivity index (χ3v) is 5.69. The van der Waals surface area contributed by atoms with Crippen molar-refractivity contribution in [1.82, 2.24) is 10.6 Å². The van der Waals surface area contributed by atoms with E-state index in [9.17, 15) is 23.1 Å². The Morgan fingerprint density at radius 3 is 2.55 bits per heavy atom. The predicted octanol–water partition coefficient (Wildman–Crippen LogP) is 3.29. The van der Waals surface area contributed by atoms with Gasteiger partial charge in [-0.3, -0.25) is 0 Å². The zero-order chi connectivity index (χ0) is 22.0. The van der Waals surface area contributed by atoms with Crippen LogP contribution >= 0.6 is 0 Å². The number of aryl methyl sites for hydroxylation is 1. The van der Waals surface area contributed by atoms with Crippen LogP contribution in [-0.4, -0.2) is 42.9 Å². The lowest BCUT2D eigenvalue weighted by Gasteiger charge is -2.38. The van der Waals surface area contributed by atoms with Gasteiger partial charge in [-0.1, -0.05) is 24.3 Å². The van der Waals surface area contributed by atoms with Gasteiger partial charge in [0.1, 0.15) is 0 Å². The molecular weight excluding hydrogens is 409 g/mol. The number of carboxylic acids is 1. The maximum absolute atomic E-state index is 13.6. The molecular formula is C23H23F3N2O3. The summed E-state index contributed by atoms with van der Waals surface area (Å²) in [6.45, 7) is 1.43. The molecule has 4 rings (SSSR count). The summed E-state index contributed by atoms with van der Waals surface area (Å²) in [6, 6.07) is 9.21. The number of aliphatic carboxylic acids is 1. The van der Waals surface area contributed by atoms with E-state index in [4.69, 9.17) is 4.74 Å². The molecule has 5 nitrogen and oxygen atoms in total. The van der Waals surface area contributed by atoms with Crippen LogP contribution in [0.5, 0.6) is 5.75 Å². The average molecular weight is 432 g/mol. The largest absolute Gasteiger partial charge is 0.488 e. The van der Waals surface area contributed by atoms with Crippen molar-refractivity contribution in [2.45, 2.75) is 31.3 Å². The van der Waals surface area contributed by atoms with E-state index in [1.165, 1.54) is 0 Å². The molecule has 2 aromatic carbocycles. The van der Waals surface area contributed by atoms with Crippen molar-refractivity contribution in [2.24, 2.45) is 0 Å². The van der Waals surface area contributed by atoms with E-state index in [-0.39, 0.29) is 18.7 Å². The van der Waals surface area contributed by atoms with E-state index in [1.807, 2.05) is 24.3 Å². The number of nitrogens with one attached hydrogen (secondary N) is 2. The minimum absolute atomic E-state index is 0.0371. The van der Waals surface area contributed by atoms with Crippen LogP contribution in [0.4, 0.5) is 13.2 Å². The summed E-state index contributed by atoms with van der Waals surface area (Å²) in [6.07, 6.45) is 1.72. The van der Waals surface area contributed by atoms with E-state index in [0.717, 1.165) is 35.4 Å². The summed E-state index contributed by atoms with van der Waals surface area (Å²) in [7, 11) is 0. The van der Waals surface area contributed by atoms with Crippen LogP contribution in [0.3, 0.4) is 0 Å². The van der Waals surface area contributed by atoms with Gasteiger partial charge in [0.25, 0.3) is 0 Å². The highest BCUT2D eigenvalue weighted by molar-refractivity contribution is 5.98. The third-order valence-electron chi connectivity index (χ3n) is 5.69. The van der Waals surface area contributed by atoms with Crippen LogP contribution < -0.4 is 15.4 Å². The van der Waals surface area contributed by atoms with Crippen molar-refractivity contribution in [3.63, 3.8) is 0 Å². The fourth-order valence-corrected chi connectivity index (χ4v) is 4.20. The summed E-state index contributed by atoms with van der Waals surface area (Å²) < 4.78 is 45.5. The average Bonchev–Trinajstić information content (AvgIpc) is 2.76. The fraction of sp³-hybridized carbons (Fsp3) is 0.348. The molecule has 2 unspecified atom stereocenters. The number of ether oxygens (including phenoxy) is 1. The van der Waals surface area contributed by atoms with Gasteiger partial charge in [-0.2, -0.15) is 4.39 Å². The van der Waals surface area contributed by atoms with Crippen molar-refractivity contribution in [1.29, 1.82) is 0 Å². The van der Waals surface area contributed by atoms with Gasteiger partial charge in [-0.15, -0.1) is 0 Å². The van der Waals surface area contributed by atoms with Crippen LogP contribution in [0.15, 0.2) is 42.0 Å². The van der Waals surface area contributed by atoms with Crippen LogP contribution in [0.2, 0.25) is 0 Å². The fourth-order valence-electron chi connectivity index (χ4n) is 4.20. The summed E-state index contributed by atoms with van der Waals surface area (Å²) >= 11 is 0. The highest BCUT2D eigenvalue weighted by Gasteiger charge is 2.35. The summed E-state index contributed by atoms with van der Waals surface area (Å²) in [5, 5.41) is 16.3. The van der Waals surface area contributed by atoms with E-state index in [0.29, 0.717) is 31.4 Å². The molecule has 8 heteroatoms. The molecule has 0 aliphatic carbocycles. The summed E-state index contributed by atoms with van der Waals surface area (Å²) in [5.74, 6) is -5.02. The van der Waals surface area contributed by atoms with Gasteiger partial charge in [-0.05, 0) is 48.1 Å². The molecule has 2 aliphatic heterocycles. The van der Waals surface area contributed by atoms with Gasteiger partial charge in [0.05, 0.1) is 18.2 Å². The summed E-state index contributed by atoms with van der Waals surface area (Å²) in [4.78, 5) is 11.8. The molecule has 0 spiro atoms. The maximum Gasteiger partial charge on any atom is 0.333 e. The number of hydrogen-bond donors (Lipinski definition) is 3.